The Morgan fingerprint density at radius 1 is 1.29 bits per heavy atom. The van der Waals surface area contributed by atoms with Crippen molar-refractivity contribution in [3.8, 4) is 17.2 Å². The predicted octanol–water partition coefficient (Wildman–Crippen LogP) is 2.09. The van der Waals surface area contributed by atoms with Gasteiger partial charge in [-0.25, -0.2) is 4.98 Å². The van der Waals surface area contributed by atoms with E-state index in [4.69, 9.17) is 14.2 Å². The van der Waals surface area contributed by atoms with Gasteiger partial charge in [-0.05, 0) is 31.4 Å². The van der Waals surface area contributed by atoms with Gasteiger partial charge in [0.25, 0.3) is 11.5 Å². The molecular weight excluding hydrogens is 362 g/mol. The molecule has 1 unspecified atom stereocenters. The molecule has 28 heavy (non-hydrogen) atoms. The zero-order valence-electron chi connectivity index (χ0n) is 16.4. The van der Waals surface area contributed by atoms with Crippen LogP contribution in [0.1, 0.15) is 37.3 Å². The van der Waals surface area contributed by atoms with Gasteiger partial charge in [0.05, 0.1) is 20.3 Å². The van der Waals surface area contributed by atoms with Gasteiger partial charge in [0.1, 0.15) is 5.82 Å². The number of para-hydroxylation sites is 1. The van der Waals surface area contributed by atoms with Crippen LogP contribution in [-0.4, -0.2) is 48.1 Å². The van der Waals surface area contributed by atoms with Gasteiger partial charge in [-0.15, -0.1) is 0 Å². The Balaban J connectivity index is 1.76. The number of benzene rings is 1. The lowest BCUT2D eigenvalue weighted by Crippen LogP contribution is -2.36. The van der Waals surface area contributed by atoms with Crippen molar-refractivity contribution in [3.05, 3.63) is 46.1 Å². The van der Waals surface area contributed by atoms with Gasteiger partial charge in [0.15, 0.2) is 18.1 Å². The molecule has 0 radical (unpaired) electrons. The lowest BCUT2D eigenvalue weighted by atomic mass is 10.2. The molecule has 1 aliphatic heterocycles. The molecule has 0 bridgehead atoms. The number of hydrogen-bond donors (Lipinski definition) is 1. The molecule has 2 heterocycles. The number of aryl methyl sites for hydroxylation is 1. The molecule has 1 aromatic carbocycles. The number of likely N-dealkylation sites (tertiary alicyclic amines) is 1. The van der Waals surface area contributed by atoms with Crippen molar-refractivity contribution < 1.29 is 19.0 Å². The number of H-pyrrole nitrogens is 1. The number of nitrogens with zero attached hydrogens (tertiary/aromatic N) is 2. The number of methoxy groups -OCH3 is 2. The number of rotatable bonds is 7. The third kappa shape index (κ3) is 4.11. The van der Waals surface area contributed by atoms with Gasteiger partial charge in [0, 0.05) is 18.3 Å². The summed E-state index contributed by atoms with van der Waals surface area (Å²) in [5, 5.41) is 0. The Kier molecular flexibility index (Phi) is 6.18. The Bertz CT molecular complexity index is 873. The molecule has 1 N–H and O–H groups in total. The molecule has 1 amide bonds. The highest BCUT2D eigenvalue weighted by molar-refractivity contribution is 5.78. The van der Waals surface area contributed by atoms with Gasteiger partial charge in [-0.2, -0.15) is 0 Å². The zero-order chi connectivity index (χ0) is 20.1. The first-order valence-corrected chi connectivity index (χ1v) is 9.30. The van der Waals surface area contributed by atoms with Crippen molar-refractivity contribution in [2.75, 3.05) is 27.4 Å². The van der Waals surface area contributed by atoms with E-state index in [9.17, 15) is 9.59 Å². The lowest BCUT2D eigenvalue weighted by molar-refractivity contribution is -0.134. The third-order valence-electron chi connectivity index (χ3n) is 4.79. The van der Waals surface area contributed by atoms with Crippen LogP contribution >= 0.6 is 0 Å². The summed E-state index contributed by atoms with van der Waals surface area (Å²) in [6, 6.07) is 6.50. The van der Waals surface area contributed by atoms with E-state index < -0.39 is 0 Å². The third-order valence-corrected chi connectivity index (χ3v) is 4.79. The summed E-state index contributed by atoms with van der Waals surface area (Å²) in [5.41, 5.74) is 0.518. The first kappa shape index (κ1) is 19.7. The number of carbonyl (C=O) groups is 1. The number of amides is 1. The largest absolute Gasteiger partial charge is 0.493 e. The normalized spacial score (nSPS) is 16.1. The summed E-state index contributed by atoms with van der Waals surface area (Å²) in [7, 11) is 3.06. The van der Waals surface area contributed by atoms with Crippen molar-refractivity contribution in [1.29, 1.82) is 0 Å². The van der Waals surface area contributed by atoms with Crippen LogP contribution in [0.2, 0.25) is 0 Å². The highest BCUT2D eigenvalue weighted by Gasteiger charge is 2.32. The fourth-order valence-electron chi connectivity index (χ4n) is 3.39. The highest BCUT2D eigenvalue weighted by atomic mass is 16.5. The lowest BCUT2D eigenvalue weighted by Gasteiger charge is -2.24. The van der Waals surface area contributed by atoms with Gasteiger partial charge in [0.2, 0.25) is 5.75 Å². The molecule has 1 fully saturated rings. The van der Waals surface area contributed by atoms with E-state index in [1.807, 2.05) is 6.92 Å². The summed E-state index contributed by atoms with van der Waals surface area (Å²) in [5.74, 6) is 1.72. The molecule has 8 heteroatoms. The van der Waals surface area contributed by atoms with E-state index in [0.29, 0.717) is 41.7 Å². The molecule has 0 aliphatic carbocycles. The maximum absolute atomic E-state index is 12.8. The summed E-state index contributed by atoms with van der Waals surface area (Å²) in [6.45, 7) is 2.37. The van der Waals surface area contributed by atoms with E-state index in [2.05, 4.69) is 9.97 Å². The Hall–Kier alpha value is -3.03. The average Bonchev–Trinajstić information content (AvgIpc) is 3.21. The van der Waals surface area contributed by atoms with Crippen molar-refractivity contribution >= 4 is 5.91 Å². The van der Waals surface area contributed by atoms with Gasteiger partial charge in [-0.1, -0.05) is 13.0 Å². The van der Waals surface area contributed by atoms with Crippen molar-refractivity contribution in [2.45, 2.75) is 32.2 Å². The number of hydrogen-bond acceptors (Lipinski definition) is 6. The van der Waals surface area contributed by atoms with Crippen LogP contribution in [0.25, 0.3) is 0 Å². The molecule has 1 atom stereocenters. The van der Waals surface area contributed by atoms with Crippen LogP contribution in [0.4, 0.5) is 0 Å². The Labute approximate surface area is 163 Å². The number of carbonyl (C=O) groups excluding carboxylic acids is 1. The van der Waals surface area contributed by atoms with E-state index in [1.165, 1.54) is 20.3 Å². The zero-order valence-corrected chi connectivity index (χ0v) is 16.4. The van der Waals surface area contributed by atoms with Crippen molar-refractivity contribution in [1.82, 2.24) is 14.9 Å². The van der Waals surface area contributed by atoms with Crippen LogP contribution < -0.4 is 19.8 Å². The second-order valence-corrected chi connectivity index (χ2v) is 6.50. The molecule has 0 spiro atoms. The standard InChI is InChI=1S/C20H25N3O5/c1-4-13-11-17(24)22-20(21-13)14-7-6-10-23(14)18(25)12-28-19-15(26-2)8-5-9-16(19)27-3/h5,8-9,11,14H,4,6-7,10,12H2,1-3H3,(H,21,22,24). The van der Waals surface area contributed by atoms with Gasteiger partial charge >= 0.3 is 0 Å². The van der Waals surface area contributed by atoms with Crippen LogP contribution in [0.5, 0.6) is 17.2 Å². The fourth-order valence-corrected chi connectivity index (χ4v) is 3.39. The van der Waals surface area contributed by atoms with E-state index >= 15 is 0 Å². The summed E-state index contributed by atoms with van der Waals surface area (Å²) < 4.78 is 16.3. The highest BCUT2D eigenvalue weighted by Crippen LogP contribution is 2.37. The molecule has 1 aromatic heterocycles. The van der Waals surface area contributed by atoms with E-state index in [-0.39, 0.29) is 24.1 Å². The maximum atomic E-state index is 12.8. The minimum Gasteiger partial charge on any atom is -0.493 e. The van der Waals surface area contributed by atoms with Crippen LogP contribution in [0.15, 0.2) is 29.1 Å². The van der Waals surface area contributed by atoms with Crippen LogP contribution in [0, 0.1) is 0 Å². The smallest absolute Gasteiger partial charge is 0.261 e. The predicted molar refractivity (Wildman–Crippen MR) is 103 cm³/mol. The van der Waals surface area contributed by atoms with Crippen LogP contribution in [0.3, 0.4) is 0 Å². The monoisotopic (exact) mass is 387 g/mol. The van der Waals surface area contributed by atoms with E-state index in [0.717, 1.165) is 12.8 Å². The van der Waals surface area contributed by atoms with Crippen LogP contribution in [-0.2, 0) is 11.2 Å². The molecule has 2 aromatic rings. The minimum atomic E-state index is -0.255. The molecule has 150 valence electrons. The Morgan fingerprint density at radius 3 is 2.64 bits per heavy atom. The number of ether oxygens (including phenoxy) is 3. The SMILES string of the molecule is CCc1cc(=O)[nH]c(C2CCCN2C(=O)COc2c(OC)cccc2OC)n1. The average molecular weight is 387 g/mol. The maximum Gasteiger partial charge on any atom is 0.261 e. The quantitative estimate of drug-likeness (QED) is 0.782. The summed E-state index contributed by atoms with van der Waals surface area (Å²) in [6.07, 6.45) is 2.25. The first-order valence-electron chi connectivity index (χ1n) is 9.30. The van der Waals surface area contributed by atoms with Gasteiger partial charge in [-0.3, -0.25) is 9.59 Å². The molecule has 8 nitrogen and oxygen atoms in total. The number of nitrogens with one attached hydrogen (secondary N) is 1. The fraction of sp³-hybridized carbons (Fsp3) is 0.450. The molecule has 3 rings (SSSR count). The van der Waals surface area contributed by atoms with Gasteiger partial charge < -0.3 is 24.1 Å². The number of aromatic nitrogens is 2. The van der Waals surface area contributed by atoms with Crippen molar-refractivity contribution in [3.63, 3.8) is 0 Å². The summed E-state index contributed by atoms with van der Waals surface area (Å²) in [4.78, 5) is 33.7. The first-order chi connectivity index (χ1) is 13.6. The number of aromatic amines is 1. The second kappa shape index (κ2) is 8.77. The molecule has 1 aliphatic rings. The second-order valence-electron chi connectivity index (χ2n) is 6.50. The topological polar surface area (TPSA) is 93.8 Å². The Morgan fingerprint density at radius 2 is 2.00 bits per heavy atom. The minimum absolute atomic E-state index is 0.162. The van der Waals surface area contributed by atoms with E-state index in [1.54, 1.807) is 23.1 Å². The molecule has 0 saturated carbocycles. The summed E-state index contributed by atoms with van der Waals surface area (Å²) >= 11 is 0. The molecular formula is C20H25N3O5. The van der Waals surface area contributed by atoms with Crippen molar-refractivity contribution in [2.24, 2.45) is 0 Å². The molecule has 1 saturated heterocycles.